The molecular formula is C35H33O8P. The number of carbonyl (C=O) groups is 4. The molecule has 0 radical (unpaired) electrons. The Morgan fingerprint density at radius 2 is 0.932 bits per heavy atom. The molecule has 0 aromatic heterocycles. The van der Waals surface area contributed by atoms with Crippen molar-refractivity contribution >= 4 is 58.0 Å². The summed E-state index contributed by atoms with van der Waals surface area (Å²) < 4.78 is 9.59. The van der Waals surface area contributed by atoms with Crippen molar-refractivity contribution < 1.29 is 38.9 Å². The molecule has 0 heterocycles. The van der Waals surface area contributed by atoms with Gasteiger partial charge < -0.3 is 19.7 Å². The summed E-state index contributed by atoms with van der Waals surface area (Å²) >= 11 is 0. The van der Waals surface area contributed by atoms with Crippen molar-refractivity contribution in [2.75, 3.05) is 14.2 Å². The molecule has 226 valence electrons. The van der Waals surface area contributed by atoms with Gasteiger partial charge in [0.25, 0.3) is 0 Å². The van der Waals surface area contributed by atoms with E-state index in [0.717, 1.165) is 21.5 Å². The SMILES string of the molecule is COC(=O)/C(=C/c1ccccc1)CC(=O)O.COC(=O)C(CC(=O)O)=P(c1ccccc1)(c1ccccc1)c1ccccc1. The van der Waals surface area contributed by atoms with Gasteiger partial charge in [-0.05, 0) is 34.4 Å². The Balaban J connectivity index is 0.000000281. The maximum Gasteiger partial charge on any atom is 0.335 e. The van der Waals surface area contributed by atoms with Gasteiger partial charge in [-0.15, -0.1) is 0 Å². The van der Waals surface area contributed by atoms with Crippen molar-refractivity contribution in [1.82, 2.24) is 0 Å². The third kappa shape index (κ3) is 8.43. The average molecular weight is 613 g/mol. The topological polar surface area (TPSA) is 127 Å². The lowest BCUT2D eigenvalue weighted by Gasteiger charge is -2.31. The lowest BCUT2D eigenvalue weighted by Crippen LogP contribution is -2.35. The molecular weight excluding hydrogens is 579 g/mol. The Bertz CT molecular complexity index is 1550. The van der Waals surface area contributed by atoms with Gasteiger partial charge in [0.15, 0.2) is 0 Å². The number of hydrogen-bond donors (Lipinski definition) is 2. The van der Waals surface area contributed by atoms with Gasteiger partial charge in [-0.3, -0.25) is 9.59 Å². The second-order valence-corrected chi connectivity index (χ2v) is 12.8. The van der Waals surface area contributed by atoms with Crippen LogP contribution in [-0.2, 0) is 28.7 Å². The van der Waals surface area contributed by atoms with Crippen LogP contribution in [-0.4, -0.2) is 53.6 Å². The Labute approximate surface area is 256 Å². The lowest BCUT2D eigenvalue weighted by atomic mass is 10.1. The van der Waals surface area contributed by atoms with Crippen molar-refractivity contribution in [3.63, 3.8) is 0 Å². The molecule has 9 heteroatoms. The number of carboxylic acid groups (broad SMARTS) is 2. The Hall–Kier alpha value is -5.20. The van der Waals surface area contributed by atoms with Crippen molar-refractivity contribution in [3.05, 3.63) is 132 Å². The number of carboxylic acids is 2. The maximum absolute atomic E-state index is 12.9. The summed E-state index contributed by atoms with van der Waals surface area (Å²) in [5.41, 5.74) is 0.894. The summed E-state index contributed by atoms with van der Waals surface area (Å²) in [5.74, 6) is -3.33. The summed E-state index contributed by atoms with van der Waals surface area (Å²) in [7, 11) is 2.52. The van der Waals surface area contributed by atoms with E-state index in [4.69, 9.17) is 9.84 Å². The van der Waals surface area contributed by atoms with Crippen LogP contribution in [0.2, 0.25) is 0 Å². The Morgan fingerprint density at radius 3 is 1.27 bits per heavy atom. The molecule has 8 nitrogen and oxygen atoms in total. The van der Waals surface area contributed by atoms with Crippen molar-refractivity contribution in [3.8, 4) is 0 Å². The molecule has 44 heavy (non-hydrogen) atoms. The highest BCUT2D eigenvalue weighted by Crippen LogP contribution is 2.47. The summed E-state index contributed by atoms with van der Waals surface area (Å²) in [6.07, 6.45) is 0.778. The minimum atomic E-state index is -2.73. The molecule has 0 fully saturated rings. The van der Waals surface area contributed by atoms with Gasteiger partial charge >= 0.3 is 23.9 Å². The number of carbonyl (C=O) groups excluding carboxylic acids is 2. The van der Waals surface area contributed by atoms with Crippen LogP contribution in [0.4, 0.5) is 0 Å². The highest BCUT2D eigenvalue weighted by Gasteiger charge is 2.34. The summed E-state index contributed by atoms with van der Waals surface area (Å²) in [5, 5.41) is 21.3. The van der Waals surface area contributed by atoms with Gasteiger partial charge in [-0.25, -0.2) is 9.59 Å². The molecule has 4 aromatic rings. The molecule has 0 aliphatic heterocycles. The quantitative estimate of drug-likeness (QED) is 0.152. The number of hydrogen-bond acceptors (Lipinski definition) is 6. The van der Waals surface area contributed by atoms with E-state index < -0.39 is 30.8 Å². The Morgan fingerprint density at radius 1 is 0.568 bits per heavy atom. The molecule has 0 amide bonds. The molecule has 0 saturated carbocycles. The maximum atomic E-state index is 12.9. The van der Waals surface area contributed by atoms with Crippen molar-refractivity contribution in [1.29, 1.82) is 0 Å². The van der Waals surface area contributed by atoms with Crippen LogP contribution in [0.25, 0.3) is 6.08 Å². The van der Waals surface area contributed by atoms with E-state index in [1.165, 1.54) is 20.3 Å². The fourth-order valence-corrected chi connectivity index (χ4v) is 9.11. The van der Waals surface area contributed by atoms with Crippen LogP contribution < -0.4 is 15.9 Å². The zero-order valence-electron chi connectivity index (χ0n) is 24.3. The first-order valence-corrected chi connectivity index (χ1v) is 15.3. The van der Waals surface area contributed by atoms with E-state index in [1.807, 2.05) is 109 Å². The van der Waals surface area contributed by atoms with Crippen molar-refractivity contribution in [2.24, 2.45) is 0 Å². The molecule has 0 aliphatic carbocycles. The van der Waals surface area contributed by atoms with E-state index in [-0.39, 0.29) is 23.7 Å². The molecule has 4 aromatic carbocycles. The second-order valence-electron chi connectivity index (χ2n) is 9.33. The molecule has 2 N–H and O–H groups in total. The van der Waals surface area contributed by atoms with E-state index in [9.17, 15) is 24.3 Å². The first-order chi connectivity index (χ1) is 21.2. The number of ether oxygens (including phenoxy) is 2. The Kier molecular flexibility index (Phi) is 12.4. The molecule has 0 bridgehead atoms. The first-order valence-electron chi connectivity index (χ1n) is 13.5. The minimum absolute atomic E-state index is 0.126. The second kappa shape index (κ2) is 16.4. The fourth-order valence-electron chi connectivity index (χ4n) is 4.68. The van der Waals surface area contributed by atoms with Crippen LogP contribution in [0, 0.1) is 0 Å². The molecule has 0 saturated heterocycles. The third-order valence-corrected chi connectivity index (χ3v) is 10.9. The van der Waals surface area contributed by atoms with Gasteiger partial charge in [0.05, 0.1) is 32.4 Å². The van der Waals surface area contributed by atoms with Crippen LogP contribution in [0.5, 0.6) is 0 Å². The predicted octanol–water partition coefficient (Wildman–Crippen LogP) is 4.52. The molecule has 0 unspecified atom stereocenters. The van der Waals surface area contributed by atoms with Crippen LogP contribution in [0.1, 0.15) is 18.4 Å². The zero-order chi connectivity index (χ0) is 32.0. The van der Waals surface area contributed by atoms with Gasteiger partial charge in [0.1, 0.15) is 0 Å². The van der Waals surface area contributed by atoms with E-state index in [1.54, 1.807) is 12.1 Å². The van der Waals surface area contributed by atoms with E-state index in [0.29, 0.717) is 0 Å². The van der Waals surface area contributed by atoms with Crippen LogP contribution >= 0.6 is 6.89 Å². The monoisotopic (exact) mass is 612 g/mol. The number of rotatable bonds is 10. The van der Waals surface area contributed by atoms with Gasteiger partial charge in [0, 0.05) is 5.57 Å². The van der Waals surface area contributed by atoms with E-state index >= 15 is 0 Å². The smallest absolute Gasteiger partial charge is 0.335 e. The molecule has 4 rings (SSSR count). The molecule has 0 spiro atoms. The summed E-state index contributed by atoms with van der Waals surface area (Å²) in [4.78, 5) is 46.5. The van der Waals surface area contributed by atoms with Crippen LogP contribution in [0.3, 0.4) is 0 Å². The average Bonchev–Trinajstić information content (AvgIpc) is 3.05. The molecule has 0 aliphatic rings. The van der Waals surface area contributed by atoms with E-state index in [2.05, 4.69) is 4.74 Å². The van der Waals surface area contributed by atoms with Crippen LogP contribution in [0.15, 0.2) is 127 Å². The minimum Gasteiger partial charge on any atom is -0.481 e. The summed E-state index contributed by atoms with van der Waals surface area (Å²) in [6.45, 7) is -2.73. The fraction of sp³-hybridized carbons (Fsp3) is 0.114. The molecule has 0 atom stereocenters. The highest BCUT2D eigenvalue weighted by molar-refractivity contribution is 7.96. The first kappa shape index (κ1) is 33.3. The normalized spacial score (nSPS) is 10.9. The van der Waals surface area contributed by atoms with Gasteiger partial charge in [0.2, 0.25) is 0 Å². The number of esters is 2. The summed E-state index contributed by atoms with van der Waals surface area (Å²) in [6, 6.07) is 37.9. The predicted molar refractivity (Wildman–Crippen MR) is 173 cm³/mol. The lowest BCUT2D eigenvalue weighted by molar-refractivity contribution is -0.141. The van der Waals surface area contributed by atoms with Crippen molar-refractivity contribution in [2.45, 2.75) is 12.8 Å². The largest absolute Gasteiger partial charge is 0.481 e. The number of aliphatic carboxylic acids is 2. The number of benzene rings is 4. The highest BCUT2D eigenvalue weighted by atomic mass is 31.2. The van der Waals surface area contributed by atoms with Gasteiger partial charge in [-0.1, -0.05) is 121 Å². The third-order valence-electron chi connectivity index (χ3n) is 6.50. The van der Waals surface area contributed by atoms with Gasteiger partial charge in [-0.2, -0.15) is 0 Å². The standard InChI is InChI=1S/C23H21O4P.C12H12O4/c1-27-23(26)21(17-22(24)25)28(18-11-5-2-6-12-18,19-13-7-3-8-14-19)20-15-9-4-10-16-20;1-16-12(15)10(8-11(13)14)7-9-5-3-2-4-6-9/h2-16H,17H2,1H3,(H,24,25);2-7H,8H2,1H3,(H,13,14)/b;10-7+. The number of methoxy groups -OCH3 is 2. The zero-order valence-corrected chi connectivity index (χ0v) is 25.2.